The zero-order valence-electron chi connectivity index (χ0n) is 14.0. The van der Waals surface area contributed by atoms with Crippen LogP contribution in [0.3, 0.4) is 0 Å². The van der Waals surface area contributed by atoms with Gasteiger partial charge in [-0.1, -0.05) is 17.7 Å². The largest absolute Gasteiger partial charge is 0.436 e. The smallest absolute Gasteiger partial charge is 0.319 e. The predicted molar refractivity (Wildman–Crippen MR) is 90.7 cm³/mol. The first-order valence-corrected chi connectivity index (χ1v) is 8.34. The van der Waals surface area contributed by atoms with Gasteiger partial charge in [0.2, 0.25) is 5.91 Å². The summed E-state index contributed by atoms with van der Waals surface area (Å²) in [6.07, 6.45) is -3.42. The van der Waals surface area contributed by atoms with E-state index in [1.807, 2.05) is 0 Å². The average Bonchev–Trinajstić information content (AvgIpc) is 3.32. The molecule has 1 fully saturated rings. The van der Waals surface area contributed by atoms with Crippen LogP contribution in [0.25, 0.3) is 0 Å². The second-order valence-corrected chi connectivity index (χ2v) is 6.68. The lowest BCUT2D eigenvalue weighted by molar-refractivity contribution is -0.384. The van der Waals surface area contributed by atoms with E-state index in [1.54, 1.807) is 13.0 Å². The summed E-state index contributed by atoms with van der Waals surface area (Å²) in [7, 11) is 0. The molecule has 1 aliphatic rings. The van der Waals surface area contributed by atoms with Crippen molar-refractivity contribution in [3.63, 3.8) is 0 Å². The molecule has 1 amide bonds. The molecule has 0 atom stereocenters. The molecule has 3 rings (SSSR count). The molecule has 1 aromatic heterocycles. The number of carbonyl (C=O) groups excluding carboxylic acids is 1. The van der Waals surface area contributed by atoms with Crippen LogP contribution >= 0.6 is 11.6 Å². The summed E-state index contributed by atoms with van der Waals surface area (Å²) >= 11 is 5.85. The highest BCUT2D eigenvalue weighted by Gasteiger charge is 2.42. The van der Waals surface area contributed by atoms with Gasteiger partial charge in [0.25, 0.3) is 5.69 Å². The predicted octanol–water partition coefficient (Wildman–Crippen LogP) is 4.29. The highest BCUT2D eigenvalue weighted by atomic mass is 35.5. The molecule has 2 aromatic rings. The van der Waals surface area contributed by atoms with E-state index in [-0.39, 0.29) is 23.0 Å². The van der Waals surface area contributed by atoms with E-state index < -0.39 is 34.3 Å². The van der Waals surface area contributed by atoms with Gasteiger partial charge in [0, 0.05) is 12.0 Å². The van der Waals surface area contributed by atoms with Gasteiger partial charge in [-0.15, -0.1) is 0 Å². The third kappa shape index (κ3) is 4.05. The number of alkyl halides is 3. The molecule has 0 unspecified atom stereocenters. The fourth-order valence-corrected chi connectivity index (χ4v) is 3.12. The van der Waals surface area contributed by atoms with Crippen LogP contribution in [-0.2, 0) is 17.5 Å². The topological polar surface area (TPSA) is 90.1 Å². The second kappa shape index (κ2) is 6.84. The van der Waals surface area contributed by atoms with Crippen molar-refractivity contribution in [1.82, 2.24) is 9.78 Å². The molecule has 11 heteroatoms. The first-order valence-electron chi connectivity index (χ1n) is 7.96. The quantitative estimate of drug-likeness (QED) is 0.596. The number of aryl methyl sites for hydroxylation is 1. The number of rotatable bonds is 5. The zero-order chi connectivity index (χ0) is 19.9. The van der Waals surface area contributed by atoms with Crippen LogP contribution in [0.4, 0.5) is 24.5 Å². The molecular formula is C16H14ClF3N4O3. The van der Waals surface area contributed by atoms with Crippen molar-refractivity contribution in [3.05, 3.63) is 50.3 Å². The Morgan fingerprint density at radius 1 is 1.44 bits per heavy atom. The lowest BCUT2D eigenvalue weighted by atomic mass is 10.2. The lowest BCUT2D eigenvalue weighted by Crippen LogP contribution is -2.21. The molecule has 0 aliphatic heterocycles. The molecule has 1 saturated carbocycles. The van der Waals surface area contributed by atoms with Crippen molar-refractivity contribution < 1.29 is 22.9 Å². The number of nitro benzene ring substituents is 1. The summed E-state index contributed by atoms with van der Waals surface area (Å²) in [5, 5.41) is 16.4. The number of hydrogen-bond acceptors (Lipinski definition) is 4. The fourth-order valence-electron chi connectivity index (χ4n) is 2.73. The summed E-state index contributed by atoms with van der Waals surface area (Å²) in [5.41, 5.74) is -0.791. The normalized spacial score (nSPS) is 14.3. The summed E-state index contributed by atoms with van der Waals surface area (Å²) in [5.74, 6) is -0.917. The number of nitro groups is 1. The molecule has 7 nitrogen and oxygen atoms in total. The van der Waals surface area contributed by atoms with Crippen LogP contribution in [0.15, 0.2) is 18.2 Å². The van der Waals surface area contributed by atoms with E-state index in [9.17, 15) is 28.1 Å². The molecule has 144 valence electrons. The van der Waals surface area contributed by atoms with Crippen molar-refractivity contribution in [2.24, 2.45) is 0 Å². The highest BCUT2D eigenvalue weighted by molar-refractivity contribution is 6.32. The Morgan fingerprint density at radius 2 is 2.11 bits per heavy atom. The van der Waals surface area contributed by atoms with E-state index >= 15 is 0 Å². The van der Waals surface area contributed by atoms with Gasteiger partial charge in [0.05, 0.1) is 15.6 Å². The minimum atomic E-state index is -4.74. The van der Waals surface area contributed by atoms with Crippen LogP contribution in [-0.4, -0.2) is 20.6 Å². The van der Waals surface area contributed by atoms with Crippen LogP contribution in [0.2, 0.25) is 5.02 Å². The number of halogens is 4. The van der Waals surface area contributed by atoms with Gasteiger partial charge in [0.1, 0.15) is 12.2 Å². The molecule has 0 radical (unpaired) electrons. The molecule has 0 saturated heterocycles. The van der Waals surface area contributed by atoms with E-state index in [2.05, 4.69) is 10.4 Å². The number of aromatic nitrogens is 2. The van der Waals surface area contributed by atoms with E-state index in [4.69, 9.17) is 11.6 Å². The SMILES string of the molecule is Cc1ccc(NC(=O)Cn2nc(C(F)(F)F)c(Cl)c2C2CC2)c([N+](=O)[O-])c1. The Bertz CT molecular complexity index is 922. The zero-order valence-corrected chi connectivity index (χ0v) is 14.8. The molecule has 27 heavy (non-hydrogen) atoms. The van der Waals surface area contributed by atoms with Crippen molar-refractivity contribution >= 4 is 28.9 Å². The minimum Gasteiger partial charge on any atom is -0.319 e. The van der Waals surface area contributed by atoms with Gasteiger partial charge < -0.3 is 5.32 Å². The number of nitrogens with one attached hydrogen (secondary N) is 1. The van der Waals surface area contributed by atoms with E-state index in [0.29, 0.717) is 18.4 Å². The maximum atomic E-state index is 13.1. The van der Waals surface area contributed by atoms with Crippen LogP contribution in [0, 0.1) is 17.0 Å². The molecule has 0 spiro atoms. The molecular weight excluding hydrogens is 389 g/mol. The maximum Gasteiger partial charge on any atom is 0.436 e. The number of nitrogens with zero attached hydrogens (tertiary/aromatic N) is 3. The number of hydrogen-bond donors (Lipinski definition) is 1. The molecule has 1 aromatic carbocycles. The first-order chi connectivity index (χ1) is 12.6. The van der Waals surface area contributed by atoms with Gasteiger partial charge in [-0.2, -0.15) is 18.3 Å². The Labute approximate surface area is 156 Å². The standard InChI is InChI=1S/C16H14ClF3N4O3/c1-8-2-5-10(11(6-8)24(26)27)21-12(25)7-23-14(9-3-4-9)13(17)15(22-23)16(18,19)20/h2,5-6,9H,3-4,7H2,1H3,(H,21,25). The van der Waals surface area contributed by atoms with Gasteiger partial charge in [-0.25, -0.2) is 0 Å². The molecule has 1 heterocycles. The maximum absolute atomic E-state index is 13.1. The monoisotopic (exact) mass is 402 g/mol. The van der Waals surface area contributed by atoms with Gasteiger partial charge >= 0.3 is 6.18 Å². The van der Waals surface area contributed by atoms with E-state index in [0.717, 1.165) is 4.68 Å². The summed E-state index contributed by atoms with van der Waals surface area (Å²) in [4.78, 5) is 22.8. The Hall–Kier alpha value is -2.62. The highest BCUT2D eigenvalue weighted by Crippen LogP contribution is 2.46. The van der Waals surface area contributed by atoms with Crippen LogP contribution in [0.5, 0.6) is 0 Å². The minimum absolute atomic E-state index is 0.0436. The van der Waals surface area contributed by atoms with Crippen LogP contribution in [0.1, 0.15) is 35.7 Å². The van der Waals surface area contributed by atoms with Crippen molar-refractivity contribution in [1.29, 1.82) is 0 Å². The van der Waals surface area contributed by atoms with Gasteiger partial charge in [-0.05, 0) is 31.4 Å². The Balaban J connectivity index is 1.86. The number of amides is 1. The Kier molecular flexibility index (Phi) is 4.85. The number of anilines is 1. The average molecular weight is 403 g/mol. The van der Waals surface area contributed by atoms with Crippen molar-refractivity contribution in [3.8, 4) is 0 Å². The lowest BCUT2D eigenvalue weighted by Gasteiger charge is -2.09. The number of benzene rings is 1. The third-order valence-electron chi connectivity index (χ3n) is 4.08. The van der Waals surface area contributed by atoms with Crippen molar-refractivity contribution in [2.45, 2.75) is 38.4 Å². The third-order valence-corrected chi connectivity index (χ3v) is 4.45. The molecule has 1 N–H and O–H groups in total. The van der Waals surface area contributed by atoms with E-state index in [1.165, 1.54) is 12.1 Å². The fraction of sp³-hybridized carbons (Fsp3) is 0.375. The molecule has 0 bridgehead atoms. The van der Waals surface area contributed by atoms with Crippen LogP contribution < -0.4 is 5.32 Å². The summed E-state index contributed by atoms with van der Waals surface area (Å²) < 4.78 is 40.1. The van der Waals surface area contributed by atoms with Gasteiger partial charge in [-0.3, -0.25) is 19.6 Å². The molecule has 1 aliphatic carbocycles. The Morgan fingerprint density at radius 3 is 2.67 bits per heavy atom. The second-order valence-electron chi connectivity index (χ2n) is 6.30. The first kappa shape index (κ1) is 19.2. The summed E-state index contributed by atoms with van der Waals surface area (Å²) in [6, 6.07) is 4.23. The van der Waals surface area contributed by atoms with Crippen molar-refractivity contribution in [2.75, 3.05) is 5.32 Å². The summed E-state index contributed by atoms with van der Waals surface area (Å²) in [6.45, 7) is 1.12. The van der Waals surface area contributed by atoms with Gasteiger partial charge in [0.15, 0.2) is 5.69 Å². The number of carbonyl (C=O) groups is 1.